The highest BCUT2D eigenvalue weighted by Crippen LogP contribution is 2.40. The quantitative estimate of drug-likeness (QED) is 0.812. The van der Waals surface area contributed by atoms with Crippen LogP contribution in [0.25, 0.3) is 0 Å². The minimum Gasteiger partial charge on any atom is -0.313 e. The molecule has 1 fully saturated rings. The molecule has 0 aromatic heterocycles. The minimum absolute atomic E-state index is 0.281. The molecule has 4 nitrogen and oxygen atoms in total. The van der Waals surface area contributed by atoms with E-state index in [9.17, 15) is 12.8 Å². The van der Waals surface area contributed by atoms with Crippen molar-refractivity contribution in [2.75, 3.05) is 6.54 Å². The van der Waals surface area contributed by atoms with Crippen molar-refractivity contribution in [2.45, 2.75) is 50.6 Å². The summed E-state index contributed by atoms with van der Waals surface area (Å²) in [6.45, 7) is 6.95. The Hall–Kier alpha value is -0.980. The van der Waals surface area contributed by atoms with Gasteiger partial charge in [0.15, 0.2) is 0 Å². The van der Waals surface area contributed by atoms with Crippen LogP contribution in [-0.2, 0) is 16.6 Å². The SMILES string of the molecule is CCNCc1ccc(S(=O)(=O)NC(C)(C)C2CC2)c(F)c1. The molecule has 0 saturated heterocycles. The summed E-state index contributed by atoms with van der Waals surface area (Å²) in [5.41, 5.74) is 0.197. The van der Waals surface area contributed by atoms with Crippen LogP contribution >= 0.6 is 0 Å². The number of hydrogen-bond acceptors (Lipinski definition) is 3. The Morgan fingerprint density at radius 2 is 2.00 bits per heavy atom. The maximum atomic E-state index is 14.1. The Morgan fingerprint density at radius 3 is 2.52 bits per heavy atom. The molecular formula is C15H23FN2O2S. The largest absolute Gasteiger partial charge is 0.313 e. The van der Waals surface area contributed by atoms with E-state index in [0.29, 0.717) is 12.5 Å². The lowest BCUT2D eigenvalue weighted by Gasteiger charge is -2.25. The van der Waals surface area contributed by atoms with Crippen LogP contribution in [0.5, 0.6) is 0 Å². The van der Waals surface area contributed by atoms with Crippen LogP contribution in [0.4, 0.5) is 4.39 Å². The monoisotopic (exact) mass is 314 g/mol. The Bertz CT molecular complexity index is 610. The fraction of sp³-hybridized carbons (Fsp3) is 0.600. The Balaban J connectivity index is 2.19. The van der Waals surface area contributed by atoms with E-state index in [1.54, 1.807) is 6.07 Å². The maximum Gasteiger partial charge on any atom is 0.243 e. The maximum absolute atomic E-state index is 14.1. The normalized spacial score (nSPS) is 16.2. The Morgan fingerprint density at radius 1 is 1.33 bits per heavy atom. The first kappa shape index (κ1) is 16.4. The van der Waals surface area contributed by atoms with Crippen molar-refractivity contribution >= 4 is 10.0 Å². The number of sulfonamides is 1. The first-order valence-corrected chi connectivity index (χ1v) is 8.77. The summed E-state index contributed by atoms with van der Waals surface area (Å²) in [5, 5.41) is 3.08. The van der Waals surface area contributed by atoms with Crippen molar-refractivity contribution in [3.63, 3.8) is 0 Å². The zero-order chi connectivity index (χ0) is 15.7. The Kier molecular flexibility index (Phi) is 4.70. The van der Waals surface area contributed by atoms with Gasteiger partial charge in [-0.2, -0.15) is 0 Å². The van der Waals surface area contributed by atoms with Crippen LogP contribution in [0.1, 0.15) is 39.2 Å². The number of nitrogens with one attached hydrogen (secondary N) is 2. The third kappa shape index (κ3) is 4.02. The van der Waals surface area contributed by atoms with E-state index in [4.69, 9.17) is 0 Å². The molecule has 0 atom stereocenters. The summed E-state index contributed by atoms with van der Waals surface area (Å²) in [7, 11) is -3.84. The topological polar surface area (TPSA) is 58.2 Å². The second-order valence-corrected chi connectivity index (χ2v) is 7.80. The summed E-state index contributed by atoms with van der Waals surface area (Å²) >= 11 is 0. The van der Waals surface area contributed by atoms with E-state index in [-0.39, 0.29) is 4.90 Å². The van der Waals surface area contributed by atoms with E-state index in [0.717, 1.165) is 24.9 Å². The molecule has 1 aromatic rings. The minimum atomic E-state index is -3.84. The van der Waals surface area contributed by atoms with Gasteiger partial charge in [0, 0.05) is 12.1 Å². The van der Waals surface area contributed by atoms with Gasteiger partial charge < -0.3 is 5.32 Å². The second kappa shape index (κ2) is 6.02. The molecule has 1 aliphatic rings. The standard InChI is InChI=1S/C15H23FN2O2S/c1-4-17-10-11-5-8-14(13(16)9-11)21(19,20)18-15(2,3)12-6-7-12/h5,8-9,12,17-18H,4,6-7,10H2,1-3H3. The molecule has 0 amide bonds. The van der Waals surface area contributed by atoms with Gasteiger partial charge in [0.25, 0.3) is 0 Å². The third-order valence-corrected chi connectivity index (χ3v) is 5.57. The smallest absolute Gasteiger partial charge is 0.243 e. The van der Waals surface area contributed by atoms with Gasteiger partial charge in [0.1, 0.15) is 10.7 Å². The third-order valence-electron chi connectivity index (χ3n) is 3.86. The lowest BCUT2D eigenvalue weighted by molar-refractivity contribution is 0.399. The Labute approximate surface area is 126 Å². The summed E-state index contributed by atoms with van der Waals surface area (Å²) < 4.78 is 41.5. The summed E-state index contributed by atoms with van der Waals surface area (Å²) in [5.74, 6) is -0.368. The van der Waals surface area contributed by atoms with Crippen molar-refractivity contribution < 1.29 is 12.8 Å². The highest BCUT2D eigenvalue weighted by molar-refractivity contribution is 7.89. The highest BCUT2D eigenvalue weighted by atomic mass is 32.2. The van der Waals surface area contributed by atoms with Gasteiger partial charge in [0.2, 0.25) is 10.0 Å². The van der Waals surface area contributed by atoms with Crippen LogP contribution < -0.4 is 10.0 Å². The predicted molar refractivity (Wildman–Crippen MR) is 80.9 cm³/mol. The summed E-state index contributed by atoms with van der Waals surface area (Å²) in [6, 6.07) is 4.26. The average molecular weight is 314 g/mol. The van der Waals surface area contributed by atoms with E-state index in [1.807, 2.05) is 20.8 Å². The van der Waals surface area contributed by atoms with Gasteiger partial charge in [-0.1, -0.05) is 13.0 Å². The fourth-order valence-electron chi connectivity index (χ4n) is 2.43. The highest BCUT2D eigenvalue weighted by Gasteiger charge is 2.41. The molecule has 118 valence electrons. The van der Waals surface area contributed by atoms with Crippen LogP contribution in [-0.4, -0.2) is 20.5 Å². The van der Waals surface area contributed by atoms with Crippen LogP contribution in [0.15, 0.2) is 23.1 Å². The van der Waals surface area contributed by atoms with Crippen LogP contribution in [0, 0.1) is 11.7 Å². The second-order valence-electron chi connectivity index (χ2n) is 6.15. The first-order valence-electron chi connectivity index (χ1n) is 7.29. The molecule has 0 unspecified atom stereocenters. The van der Waals surface area contributed by atoms with Crippen molar-refractivity contribution in [2.24, 2.45) is 5.92 Å². The molecule has 2 N–H and O–H groups in total. The average Bonchev–Trinajstić information content (AvgIpc) is 3.19. The van der Waals surface area contributed by atoms with Crippen molar-refractivity contribution in [1.29, 1.82) is 0 Å². The van der Waals surface area contributed by atoms with Crippen molar-refractivity contribution in [3.8, 4) is 0 Å². The molecule has 0 aliphatic heterocycles. The molecule has 0 heterocycles. The molecule has 0 bridgehead atoms. The van der Waals surface area contributed by atoms with Gasteiger partial charge in [-0.15, -0.1) is 0 Å². The zero-order valence-corrected chi connectivity index (χ0v) is 13.6. The number of hydrogen-bond donors (Lipinski definition) is 2. The molecule has 2 rings (SSSR count). The molecule has 1 aromatic carbocycles. The molecule has 6 heteroatoms. The van der Waals surface area contributed by atoms with E-state index < -0.39 is 21.4 Å². The lowest BCUT2D eigenvalue weighted by atomic mass is 10.0. The molecular weight excluding hydrogens is 291 g/mol. The summed E-state index contributed by atoms with van der Waals surface area (Å²) in [6.07, 6.45) is 2.03. The fourth-order valence-corrected chi connectivity index (χ4v) is 3.96. The van der Waals surface area contributed by atoms with Crippen molar-refractivity contribution in [1.82, 2.24) is 10.0 Å². The van der Waals surface area contributed by atoms with E-state index in [1.165, 1.54) is 12.1 Å². The molecule has 21 heavy (non-hydrogen) atoms. The summed E-state index contributed by atoms with van der Waals surface area (Å²) in [4.78, 5) is -0.281. The number of rotatable bonds is 7. The predicted octanol–water partition coefficient (Wildman–Crippen LogP) is 2.40. The lowest BCUT2D eigenvalue weighted by Crippen LogP contribution is -2.45. The zero-order valence-electron chi connectivity index (χ0n) is 12.7. The number of halogens is 1. The molecule has 1 saturated carbocycles. The van der Waals surface area contributed by atoms with E-state index in [2.05, 4.69) is 10.0 Å². The van der Waals surface area contributed by atoms with Gasteiger partial charge in [-0.05, 0) is 56.8 Å². The first-order chi connectivity index (χ1) is 9.76. The molecule has 1 aliphatic carbocycles. The molecule has 0 spiro atoms. The van der Waals surface area contributed by atoms with Crippen molar-refractivity contribution in [3.05, 3.63) is 29.6 Å². The molecule has 0 radical (unpaired) electrons. The van der Waals surface area contributed by atoms with Gasteiger partial charge in [0.05, 0.1) is 0 Å². The van der Waals surface area contributed by atoms with Gasteiger partial charge >= 0.3 is 0 Å². The van der Waals surface area contributed by atoms with Crippen LogP contribution in [0.2, 0.25) is 0 Å². The van der Waals surface area contributed by atoms with Gasteiger partial charge in [-0.25, -0.2) is 17.5 Å². The van der Waals surface area contributed by atoms with E-state index >= 15 is 0 Å². The van der Waals surface area contributed by atoms with Crippen LogP contribution in [0.3, 0.4) is 0 Å². The number of benzene rings is 1. The van der Waals surface area contributed by atoms with Gasteiger partial charge in [-0.3, -0.25) is 0 Å².